The molecule has 1 atom stereocenters. The second kappa shape index (κ2) is 5.87. The van der Waals surface area contributed by atoms with Crippen molar-refractivity contribution in [2.45, 2.75) is 13.0 Å². The zero-order valence-corrected chi connectivity index (χ0v) is 9.07. The summed E-state index contributed by atoms with van der Waals surface area (Å²) in [5.74, 6) is -0.688. The second-order valence-corrected chi connectivity index (χ2v) is 3.42. The zero-order valence-electron chi connectivity index (χ0n) is 9.07. The van der Waals surface area contributed by atoms with E-state index in [-0.39, 0.29) is 12.5 Å². The molecule has 0 saturated carbocycles. The Morgan fingerprint density at radius 2 is 1.94 bits per heavy atom. The largest absolute Gasteiger partial charge is 0.368 e. The Labute approximate surface area is 94.0 Å². The van der Waals surface area contributed by atoms with Crippen molar-refractivity contribution in [1.29, 1.82) is 0 Å². The Hall–Kier alpha value is -1.88. The number of anilines is 1. The lowest BCUT2D eigenvalue weighted by Crippen LogP contribution is -2.42. The Morgan fingerprint density at radius 3 is 2.50 bits per heavy atom. The van der Waals surface area contributed by atoms with Crippen LogP contribution in [-0.2, 0) is 9.59 Å². The van der Waals surface area contributed by atoms with Crippen LogP contribution >= 0.6 is 0 Å². The molecule has 86 valence electrons. The first-order valence-corrected chi connectivity index (χ1v) is 4.97. The van der Waals surface area contributed by atoms with E-state index in [1.54, 1.807) is 19.1 Å². The number of nitrogens with two attached hydrogens (primary N) is 1. The lowest BCUT2D eigenvalue weighted by molar-refractivity contribution is -0.120. The van der Waals surface area contributed by atoms with Gasteiger partial charge in [-0.3, -0.25) is 14.9 Å². The fourth-order valence-electron chi connectivity index (χ4n) is 1.07. The van der Waals surface area contributed by atoms with Crippen molar-refractivity contribution in [2.24, 2.45) is 5.73 Å². The molecule has 1 aromatic carbocycles. The van der Waals surface area contributed by atoms with Crippen molar-refractivity contribution in [3.63, 3.8) is 0 Å². The van der Waals surface area contributed by atoms with Gasteiger partial charge in [-0.2, -0.15) is 0 Å². The maximum absolute atomic E-state index is 11.4. The fraction of sp³-hybridized carbons (Fsp3) is 0.273. The van der Waals surface area contributed by atoms with Crippen LogP contribution in [0.2, 0.25) is 0 Å². The van der Waals surface area contributed by atoms with E-state index in [4.69, 9.17) is 5.73 Å². The van der Waals surface area contributed by atoms with Gasteiger partial charge in [-0.05, 0) is 19.1 Å². The van der Waals surface area contributed by atoms with Crippen molar-refractivity contribution in [3.05, 3.63) is 30.3 Å². The summed E-state index contributed by atoms with van der Waals surface area (Å²) in [7, 11) is 0. The Morgan fingerprint density at radius 1 is 1.31 bits per heavy atom. The predicted molar refractivity (Wildman–Crippen MR) is 61.7 cm³/mol. The van der Waals surface area contributed by atoms with Crippen LogP contribution in [0.4, 0.5) is 5.69 Å². The van der Waals surface area contributed by atoms with E-state index in [0.29, 0.717) is 0 Å². The summed E-state index contributed by atoms with van der Waals surface area (Å²) >= 11 is 0. The molecule has 5 nitrogen and oxygen atoms in total. The molecule has 0 saturated heterocycles. The predicted octanol–water partition coefficient (Wildman–Crippen LogP) is 0.0885. The minimum atomic E-state index is -0.512. The highest BCUT2D eigenvalue weighted by molar-refractivity contribution is 5.92. The number of carbonyl (C=O) groups is 2. The van der Waals surface area contributed by atoms with Gasteiger partial charge in [0.25, 0.3) is 0 Å². The number of hydrogen-bond donors (Lipinski definition) is 3. The molecule has 0 bridgehead atoms. The van der Waals surface area contributed by atoms with E-state index in [9.17, 15) is 9.59 Å². The molecule has 0 aliphatic rings. The van der Waals surface area contributed by atoms with Crippen LogP contribution in [0.3, 0.4) is 0 Å². The van der Waals surface area contributed by atoms with Crippen LogP contribution in [0.25, 0.3) is 0 Å². The van der Waals surface area contributed by atoms with Gasteiger partial charge in [0.2, 0.25) is 11.8 Å². The number of rotatable bonds is 5. The molecule has 0 spiro atoms. The molecule has 0 aromatic heterocycles. The number of para-hydroxylation sites is 1. The summed E-state index contributed by atoms with van der Waals surface area (Å²) in [5.41, 5.74) is 5.76. The molecule has 0 radical (unpaired) electrons. The third-order valence-electron chi connectivity index (χ3n) is 2.05. The molecule has 0 aliphatic carbocycles. The van der Waals surface area contributed by atoms with Crippen LogP contribution in [0, 0.1) is 0 Å². The number of carbonyl (C=O) groups excluding carboxylic acids is 2. The van der Waals surface area contributed by atoms with Gasteiger partial charge in [0.05, 0.1) is 12.6 Å². The first kappa shape index (κ1) is 12.2. The third-order valence-corrected chi connectivity index (χ3v) is 2.05. The molecular weight excluding hydrogens is 206 g/mol. The highest BCUT2D eigenvalue weighted by Crippen LogP contribution is 2.03. The summed E-state index contributed by atoms with van der Waals surface area (Å²) in [6, 6.07) is 8.58. The van der Waals surface area contributed by atoms with Crippen molar-refractivity contribution < 1.29 is 9.59 Å². The maximum atomic E-state index is 11.4. The lowest BCUT2D eigenvalue weighted by Gasteiger charge is -2.10. The van der Waals surface area contributed by atoms with Crippen molar-refractivity contribution >= 4 is 17.5 Å². The summed E-state index contributed by atoms with van der Waals surface area (Å²) in [4.78, 5) is 22.1. The lowest BCUT2D eigenvalue weighted by atomic mass is 10.3. The number of benzene rings is 1. The fourth-order valence-corrected chi connectivity index (χ4v) is 1.07. The summed E-state index contributed by atoms with van der Waals surface area (Å²) < 4.78 is 0. The van der Waals surface area contributed by atoms with E-state index in [1.165, 1.54) is 0 Å². The van der Waals surface area contributed by atoms with Gasteiger partial charge >= 0.3 is 0 Å². The monoisotopic (exact) mass is 221 g/mol. The molecule has 4 N–H and O–H groups in total. The zero-order chi connectivity index (χ0) is 12.0. The minimum Gasteiger partial charge on any atom is -0.368 e. The van der Waals surface area contributed by atoms with Crippen LogP contribution in [-0.4, -0.2) is 24.4 Å². The Balaban J connectivity index is 2.35. The van der Waals surface area contributed by atoms with Gasteiger partial charge < -0.3 is 11.1 Å². The van der Waals surface area contributed by atoms with E-state index < -0.39 is 11.9 Å². The van der Waals surface area contributed by atoms with Crippen LogP contribution in [0.5, 0.6) is 0 Å². The molecule has 1 rings (SSSR count). The van der Waals surface area contributed by atoms with Crippen molar-refractivity contribution in [1.82, 2.24) is 5.32 Å². The van der Waals surface area contributed by atoms with Crippen LogP contribution in [0.15, 0.2) is 30.3 Å². The average Bonchev–Trinajstić information content (AvgIpc) is 2.27. The van der Waals surface area contributed by atoms with Crippen molar-refractivity contribution in [3.8, 4) is 0 Å². The quantitative estimate of drug-likeness (QED) is 0.658. The minimum absolute atomic E-state index is 0.0546. The van der Waals surface area contributed by atoms with Crippen LogP contribution in [0.1, 0.15) is 6.92 Å². The first-order valence-electron chi connectivity index (χ1n) is 4.97. The molecule has 1 unspecified atom stereocenters. The number of primary amides is 1. The summed E-state index contributed by atoms with van der Waals surface area (Å²) in [5, 5.41) is 5.40. The first-order chi connectivity index (χ1) is 7.59. The van der Waals surface area contributed by atoms with Crippen LogP contribution < -0.4 is 16.4 Å². The molecular formula is C11H15N3O2. The summed E-state index contributed by atoms with van der Waals surface area (Å²) in [6.07, 6.45) is 0. The van der Waals surface area contributed by atoms with Gasteiger partial charge in [-0.1, -0.05) is 18.2 Å². The van der Waals surface area contributed by atoms with Gasteiger partial charge in [-0.15, -0.1) is 0 Å². The highest BCUT2D eigenvalue weighted by Gasteiger charge is 2.09. The second-order valence-electron chi connectivity index (χ2n) is 3.42. The molecule has 0 aliphatic heterocycles. The smallest absolute Gasteiger partial charge is 0.238 e. The molecule has 0 heterocycles. The molecule has 0 fully saturated rings. The average molecular weight is 221 g/mol. The van der Waals surface area contributed by atoms with E-state index in [1.807, 2.05) is 18.2 Å². The number of nitrogens with one attached hydrogen (secondary N) is 2. The van der Waals surface area contributed by atoms with E-state index in [0.717, 1.165) is 5.69 Å². The van der Waals surface area contributed by atoms with Gasteiger partial charge in [0.15, 0.2) is 0 Å². The van der Waals surface area contributed by atoms with Gasteiger partial charge in [-0.25, -0.2) is 0 Å². The number of hydrogen-bond acceptors (Lipinski definition) is 3. The molecule has 16 heavy (non-hydrogen) atoms. The van der Waals surface area contributed by atoms with E-state index >= 15 is 0 Å². The highest BCUT2D eigenvalue weighted by atomic mass is 16.2. The van der Waals surface area contributed by atoms with Crippen molar-refractivity contribution in [2.75, 3.05) is 11.9 Å². The van der Waals surface area contributed by atoms with E-state index in [2.05, 4.69) is 10.6 Å². The molecule has 5 heteroatoms. The topological polar surface area (TPSA) is 84.2 Å². The molecule has 1 aromatic rings. The van der Waals surface area contributed by atoms with Gasteiger partial charge in [0.1, 0.15) is 0 Å². The Kier molecular flexibility index (Phi) is 4.47. The normalized spacial score (nSPS) is 11.8. The summed E-state index contributed by atoms with van der Waals surface area (Å²) in [6.45, 7) is 1.66. The number of amides is 2. The van der Waals surface area contributed by atoms with Gasteiger partial charge in [0, 0.05) is 5.69 Å². The third kappa shape index (κ3) is 4.10. The maximum Gasteiger partial charge on any atom is 0.238 e. The molecule has 2 amide bonds. The standard InChI is InChI=1S/C11H15N3O2/c1-8(11(12)16)13-7-10(15)14-9-5-3-2-4-6-9/h2-6,8,13H,7H2,1H3,(H2,12,16)(H,14,15). The SMILES string of the molecule is CC(NCC(=O)Nc1ccccc1)C(N)=O. The Bertz CT molecular complexity index is 365.